The van der Waals surface area contributed by atoms with Crippen molar-refractivity contribution < 1.29 is 22.8 Å². The first-order valence-electron chi connectivity index (χ1n) is 11.8. The highest BCUT2D eigenvalue weighted by Gasteiger charge is 2.23. The lowest BCUT2D eigenvalue weighted by Crippen LogP contribution is -2.32. The molecule has 1 aromatic heterocycles. The van der Waals surface area contributed by atoms with Crippen LogP contribution in [0.15, 0.2) is 79.0 Å². The van der Waals surface area contributed by atoms with Crippen LogP contribution < -0.4 is 16.8 Å². The van der Waals surface area contributed by atoms with Gasteiger partial charge in [-0.15, -0.1) is 0 Å². The number of hydrogen-bond donors (Lipinski definition) is 4. The van der Waals surface area contributed by atoms with Crippen LogP contribution in [0.3, 0.4) is 0 Å². The molecule has 1 unspecified atom stereocenters. The summed E-state index contributed by atoms with van der Waals surface area (Å²) in [6.45, 7) is 0. The minimum atomic E-state index is -0.960. The third-order valence-corrected chi connectivity index (χ3v) is 6.03. The first-order chi connectivity index (χ1) is 18.6. The molecular weight excluding hydrogens is 507 g/mol. The average Bonchev–Trinajstić information content (AvgIpc) is 2.88. The van der Waals surface area contributed by atoms with E-state index < -0.39 is 35.3 Å². The number of carbonyl (C=O) groups is 2. The summed E-state index contributed by atoms with van der Waals surface area (Å²) in [5, 5.41) is 11.2. The number of rotatable bonds is 9. The normalized spacial score (nSPS) is 11.6. The van der Waals surface area contributed by atoms with Crippen LogP contribution >= 0.6 is 0 Å². The number of carbonyl (C=O) groups excluding carboxylic acids is 2. The number of aromatic nitrogens is 1. The lowest BCUT2D eigenvalue weighted by molar-refractivity contribution is -0.120. The Bertz CT molecular complexity index is 1550. The number of anilines is 1. The van der Waals surface area contributed by atoms with E-state index in [1.807, 2.05) is 0 Å². The second-order valence-electron chi connectivity index (χ2n) is 8.84. The van der Waals surface area contributed by atoms with Gasteiger partial charge < -0.3 is 22.2 Å². The van der Waals surface area contributed by atoms with E-state index in [1.165, 1.54) is 18.3 Å². The molecule has 0 aliphatic carbocycles. The molecular formula is C29H24F3N5O2. The van der Waals surface area contributed by atoms with Gasteiger partial charge in [0.15, 0.2) is 0 Å². The van der Waals surface area contributed by atoms with Crippen molar-refractivity contribution in [3.63, 3.8) is 0 Å². The number of nitrogens with zero attached hydrogens (tertiary/aromatic N) is 1. The van der Waals surface area contributed by atoms with Crippen LogP contribution in [-0.4, -0.2) is 22.5 Å². The Hall–Kier alpha value is -4.99. The summed E-state index contributed by atoms with van der Waals surface area (Å²) >= 11 is 0. The second kappa shape index (κ2) is 11.6. The predicted molar refractivity (Wildman–Crippen MR) is 141 cm³/mol. The topological polar surface area (TPSA) is 135 Å². The fourth-order valence-corrected chi connectivity index (χ4v) is 4.27. The Balaban J connectivity index is 1.72. The summed E-state index contributed by atoms with van der Waals surface area (Å²) in [6, 6.07) is 15.8. The molecule has 4 rings (SSSR count). The zero-order chi connectivity index (χ0) is 28.1. The number of primary amides is 1. The molecule has 39 heavy (non-hydrogen) atoms. The van der Waals surface area contributed by atoms with Crippen molar-refractivity contribution in [1.82, 2.24) is 10.3 Å². The largest absolute Gasteiger partial charge is 0.398 e. The first kappa shape index (κ1) is 27.1. The minimum Gasteiger partial charge on any atom is -0.398 e. The molecule has 3 aromatic carbocycles. The molecule has 0 saturated carbocycles. The molecule has 0 spiro atoms. The SMILES string of the molecule is N=C(CC(=O)NC(Cc1cc(F)cc(F)c1)c1ncccc1-c1ccc(F)c(C(N)=O)c1)c1ccccc1N. The summed E-state index contributed by atoms with van der Waals surface area (Å²) < 4.78 is 42.1. The van der Waals surface area contributed by atoms with Crippen LogP contribution in [0.5, 0.6) is 0 Å². The van der Waals surface area contributed by atoms with Crippen LogP contribution in [0, 0.1) is 22.9 Å². The number of hydrogen-bond acceptors (Lipinski definition) is 5. The smallest absolute Gasteiger partial charge is 0.251 e. The fourth-order valence-electron chi connectivity index (χ4n) is 4.27. The lowest BCUT2D eigenvalue weighted by atomic mass is 9.94. The van der Waals surface area contributed by atoms with Crippen LogP contribution in [0.2, 0.25) is 0 Å². The maximum Gasteiger partial charge on any atom is 0.251 e. The van der Waals surface area contributed by atoms with Crippen molar-refractivity contribution in [1.29, 1.82) is 5.41 Å². The summed E-state index contributed by atoms with van der Waals surface area (Å²) in [5.41, 5.74) is 13.0. The average molecular weight is 532 g/mol. The van der Waals surface area contributed by atoms with Crippen molar-refractivity contribution in [3.8, 4) is 11.1 Å². The van der Waals surface area contributed by atoms with Crippen molar-refractivity contribution in [2.24, 2.45) is 5.73 Å². The van der Waals surface area contributed by atoms with Gasteiger partial charge in [0.05, 0.1) is 23.7 Å². The number of nitrogens with one attached hydrogen (secondary N) is 2. The van der Waals surface area contributed by atoms with Gasteiger partial charge >= 0.3 is 0 Å². The van der Waals surface area contributed by atoms with E-state index in [9.17, 15) is 22.8 Å². The molecule has 1 atom stereocenters. The lowest BCUT2D eigenvalue weighted by Gasteiger charge is -2.22. The van der Waals surface area contributed by atoms with E-state index in [2.05, 4.69) is 10.3 Å². The number of nitrogen functional groups attached to an aromatic ring is 1. The molecule has 0 saturated heterocycles. The van der Waals surface area contributed by atoms with Gasteiger partial charge in [-0.25, -0.2) is 13.2 Å². The highest BCUT2D eigenvalue weighted by atomic mass is 19.1. The Kier molecular flexibility index (Phi) is 8.04. The Morgan fingerprint density at radius 2 is 1.64 bits per heavy atom. The zero-order valence-corrected chi connectivity index (χ0v) is 20.5. The van der Waals surface area contributed by atoms with Crippen molar-refractivity contribution in [2.45, 2.75) is 18.9 Å². The summed E-state index contributed by atoms with van der Waals surface area (Å²) in [5.74, 6) is -3.89. The van der Waals surface area contributed by atoms with Gasteiger partial charge in [-0.1, -0.05) is 30.3 Å². The summed E-state index contributed by atoms with van der Waals surface area (Å²) in [7, 11) is 0. The van der Waals surface area contributed by atoms with E-state index in [-0.39, 0.29) is 29.7 Å². The standard InChI is InChI=1S/C29H24F3N5O2/c30-18-10-16(11-19(31)14-18)12-26(37-27(38)15-25(34)21-4-1-2-6-24(21)33)28-20(5-3-9-36-28)17-7-8-23(32)22(13-17)29(35)39/h1-11,13-14,26,34H,12,15,33H2,(H2,35,39)(H,37,38). The maximum atomic E-state index is 14.1. The van der Waals surface area contributed by atoms with Crippen LogP contribution in [0.4, 0.5) is 18.9 Å². The molecule has 0 bridgehead atoms. The van der Waals surface area contributed by atoms with Crippen molar-refractivity contribution in [3.05, 3.63) is 119 Å². The Morgan fingerprint density at radius 3 is 2.33 bits per heavy atom. The van der Waals surface area contributed by atoms with E-state index in [0.29, 0.717) is 28.1 Å². The van der Waals surface area contributed by atoms with E-state index in [1.54, 1.807) is 36.4 Å². The molecule has 0 radical (unpaired) electrons. The van der Waals surface area contributed by atoms with Crippen molar-refractivity contribution >= 4 is 23.2 Å². The molecule has 2 amide bonds. The van der Waals surface area contributed by atoms with Gasteiger partial charge in [0.1, 0.15) is 17.5 Å². The highest BCUT2D eigenvalue weighted by Crippen LogP contribution is 2.30. The zero-order valence-electron chi connectivity index (χ0n) is 20.5. The van der Waals surface area contributed by atoms with Gasteiger partial charge in [-0.05, 0) is 53.9 Å². The number of para-hydroxylation sites is 1. The van der Waals surface area contributed by atoms with Gasteiger partial charge in [0.25, 0.3) is 5.91 Å². The van der Waals surface area contributed by atoms with E-state index in [4.69, 9.17) is 16.9 Å². The monoisotopic (exact) mass is 531 g/mol. The van der Waals surface area contributed by atoms with Gasteiger partial charge in [-0.3, -0.25) is 14.6 Å². The predicted octanol–water partition coefficient (Wildman–Crippen LogP) is 4.71. The van der Waals surface area contributed by atoms with Gasteiger partial charge in [0, 0.05) is 34.8 Å². The molecule has 0 aliphatic rings. The van der Waals surface area contributed by atoms with E-state index >= 15 is 0 Å². The molecule has 0 aliphatic heterocycles. The van der Waals surface area contributed by atoms with Crippen LogP contribution in [0.25, 0.3) is 11.1 Å². The number of benzene rings is 3. The minimum absolute atomic E-state index is 0.0213. The van der Waals surface area contributed by atoms with Gasteiger partial charge in [0.2, 0.25) is 5.91 Å². The maximum absolute atomic E-state index is 14.1. The second-order valence-corrected chi connectivity index (χ2v) is 8.84. The van der Waals surface area contributed by atoms with Gasteiger partial charge in [-0.2, -0.15) is 0 Å². The van der Waals surface area contributed by atoms with Crippen LogP contribution in [0.1, 0.15) is 39.6 Å². The highest BCUT2D eigenvalue weighted by molar-refractivity contribution is 6.11. The molecule has 1 heterocycles. The molecule has 6 N–H and O–H groups in total. The molecule has 198 valence electrons. The number of halogens is 3. The summed E-state index contributed by atoms with van der Waals surface area (Å²) in [4.78, 5) is 29.2. The third-order valence-electron chi connectivity index (χ3n) is 6.03. The molecule has 10 heteroatoms. The van der Waals surface area contributed by atoms with E-state index in [0.717, 1.165) is 24.3 Å². The fraction of sp³-hybridized carbons (Fsp3) is 0.103. The first-order valence-corrected chi connectivity index (χ1v) is 11.8. The number of pyridine rings is 1. The Labute approximate surface area is 222 Å². The van der Waals surface area contributed by atoms with Crippen molar-refractivity contribution in [2.75, 3.05) is 5.73 Å². The molecule has 4 aromatic rings. The number of amides is 2. The summed E-state index contributed by atoms with van der Waals surface area (Å²) in [6.07, 6.45) is 1.08. The molecule has 7 nitrogen and oxygen atoms in total. The number of nitrogens with two attached hydrogens (primary N) is 2. The van der Waals surface area contributed by atoms with Crippen LogP contribution in [-0.2, 0) is 11.2 Å². The molecule has 0 fully saturated rings. The quantitative estimate of drug-likeness (QED) is 0.184. The third kappa shape index (κ3) is 6.48. The Morgan fingerprint density at radius 1 is 0.923 bits per heavy atom.